The van der Waals surface area contributed by atoms with E-state index in [0.29, 0.717) is 6.61 Å². The standard InChI is InChI=1S/C10H23NO2/c1-4-5-6-7-10(12)13-9-8-11(2)3/h10,12H,4-9H2,1-3H3. The molecule has 0 aromatic carbocycles. The summed E-state index contributed by atoms with van der Waals surface area (Å²) in [7, 11) is 3.99. The predicted octanol–water partition coefficient (Wildman–Crippen LogP) is 1.46. The third kappa shape index (κ3) is 9.80. The lowest BCUT2D eigenvalue weighted by Gasteiger charge is -2.14. The van der Waals surface area contributed by atoms with Crippen molar-refractivity contribution in [1.29, 1.82) is 0 Å². The minimum atomic E-state index is -0.563. The normalized spacial score (nSPS) is 13.6. The third-order valence-electron chi connectivity index (χ3n) is 1.90. The van der Waals surface area contributed by atoms with Crippen molar-refractivity contribution in [1.82, 2.24) is 4.90 Å². The number of likely N-dealkylation sites (N-methyl/N-ethyl adjacent to an activating group) is 1. The molecule has 0 heterocycles. The van der Waals surface area contributed by atoms with Crippen molar-refractivity contribution in [3.05, 3.63) is 0 Å². The van der Waals surface area contributed by atoms with Crippen LogP contribution in [-0.4, -0.2) is 43.5 Å². The second-order valence-electron chi connectivity index (χ2n) is 3.62. The lowest BCUT2D eigenvalue weighted by molar-refractivity contribution is -0.106. The fourth-order valence-corrected chi connectivity index (χ4v) is 1.02. The summed E-state index contributed by atoms with van der Waals surface area (Å²) >= 11 is 0. The van der Waals surface area contributed by atoms with E-state index in [1.807, 2.05) is 19.0 Å². The van der Waals surface area contributed by atoms with Crippen LogP contribution in [0.3, 0.4) is 0 Å². The van der Waals surface area contributed by atoms with Crippen molar-refractivity contribution in [3.63, 3.8) is 0 Å². The second kappa shape index (κ2) is 8.48. The van der Waals surface area contributed by atoms with Crippen LogP contribution in [0.25, 0.3) is 0 Å². The van der Waals surface area contributed by atoms with Crippen molar-refractivity contribution in [2.75, 3.05) is 27.2 Å². The maximum Gasteiger partial charge on any atom is 0.154 e. The fourth-order valence-electron chi connectivity index (χ4n) is 1.02. The second-order valence-corrected chi connectivity index (χ2v) is 3.62. The molecule has 0 saturated carbocycles. The van der Waals surface area contributed by atoms with Gasteiger partial charge in [0.25, 0.3) is 0 Å². The van der Waals surface area contributed by atoms with Crippen molar-refractivity contribution in [2.24, 2.45) is 0 Å². The van der Waals surface area contributed by atoms with Gasteiger partial charge in [-0.3, -0.25) is 0 Å². The maximum atomic E-state index is 9.35. The molecule has 0 amide bonds. The van der Waals surface area contributed by atoms with Gasteiger partial charge in [-0.05, 0) is 26.9 Å². The summed E-state index contributed by atoms with van der Waals surface area (Å²) in [4.78, 5) is 2.04. The van der Waals surface area contributed by atoms with Gasteiger partial charge in [-0.1, -0.05) is 19.8 Å². The minimum absolute atomic E-state index is 0.563. The van der Waals surface area contributed by atoms with Crippen molar-refractivity contribution in [2.45, 2.75) is 38.9 Å². The van der Waals surface area contributed by atoms with Gasteiger partial charge >= 0.3 is 0 Å². The van der Waals surface area contributed by atoms with E-state index >= 15 is 0 Å². The van der Waals surface area contributed by atoms with Gasteiger partial charge in [0.05, 0.1) is 6.61 Å². The number of nitrogens with zero attached hydrogens (tertiary/aromatic N) is 1. The van der Waals surface area contributed by atoms with Crippen LogP contribution in [0.1, 0.15) is 32.6 Å². The van der Waals surface area contributed by atoms with Crippen molar-refractivity contribution < 1.29 is 9.84 Å². The third-order valence-corrected chi connectivity index (χ3v) is 1.90. The monoisotopic (exact) mass is 189 g/mol. The molecule has 0 spiro atoms. The van der Waals surface area contributed by atoms with Crippen molar-refractivity contribution >= 4 is 0 Å². The summed E-state index contributed by atoms with van der Waals surface area (Å²) in [6.07, 6.45) is 3.62. The van der Waals surface area contributed by atoms with Crippen LogP contribution in [-0.2, 0) is 4.74 Å². The molecule has 0 aliphatic rings. The van der Waals surface area contributed by atoms with E-state index in [0.717, 1.165) is 19.4 Å². The fraction of sp³-hybridized carbons (Fsp3) is 1.00. The summed E-state index contributed by atoms with van der Waals surface area (Å²) < 4.78 is 5.21. The average Bonchev–Trinajstić information content (AvgIpc) is 2.04. The molecule has 13 heavy (non-hydrogen) atoms. The highest BCUT2D eigenvalue weighted by Crippen LogP contribution is 2.03. The molecule has 1 N–H and O–H groups in total. The van der Waals surface area contributed by atoms with Gasteiger partial charge in [0, 0.05) is 6.54 Å². The van der Waals surface area contributed by atoms with Gasteiger partial charge in [0.2, 0.25) is 0 Å². The van der Waals surface area contributed by atoms with Gasteiger partial charge in [-0.15, -0.1) is 0 Å². The highest BCUT2D eigenvalue weighted by atomic mass is 16.6. The molecule has 0 aliphatic heterocycles. The highest BCUT2D eigenvalue weighted by Gasteiger charge is 2.02. The SMILES string of the molecule is CCCCCC(O)OCCN(C)C. The smallest absolute Gasteiger partial charge is 0.154 e. The van der Waals surface area contributed by atoms with Crippen LogP contribution in [0.15, 0.2) is 0 Å². The lowest BCUT2D eigenvalue weighted by atomic mass is 10.2. The molecule has 0 bridgehead atoms. The van der Waals surface area contributed by atoms with Crippen LogP contribution in [0.4, 0.5) is 0 Å². The van der Waals surface area contributed by atoms with Gasteiger partial charge in [-0.25, -0.2) is 0 Å². The molecular weight excluding hydrogens is 166 g/mol. The van der Waals surface area contributed by atoms with E-state index in [1.165, 1.54) is 12.8 Å². The molecule has 0 saturated heterocycles. The summed E-state index contributed by atoms with van der Waals surface area (Å²) in [6.45, 7) is 3.63. The van der Waals surface area contributed by atoms with Gasteiger partial charge in [0.1, 0.15) is 0 Å². The van der Waals surface area contributed by atoms with Gasteiger partial charge in [-0.2, -0.15) is 0 Å². The molecule has 1 unspecified atom stereocenters. The maximum absolute atomic E-state index is 9.35. The minimum Gasteiger partial charge on any atom is -0.368 e. The largest absolute Gasteiger partial charge is 0.368 e. The number of hydrogen-bond acceptors (Lipinski definition) is 3. The molecule has 3 nitrogen and oxygen atoms in total. The Morgan fingerprint density at radius 2 is 2.00 bits per heavy atom. The Morgan fingerprint density at radius 1 is 1.31 bits per heavy atom. The number of hydrogen-bond donors (Lipinski definition) is 1. The van der Waals surface area contributed by atoms with E-state index in [1.54, 1.807) is 0 Å². The Labute approximate surface area is 81.7 Å². The van der Waals surface area contributed by atoms with Gasteiger partial charge in [0.15, 0.2) is 6.29 Å². The highest BCUT2D eigenvalue weighted by molar-refractivity contribution is 4.46. The molecule has 80 valence electrons. The van der Waals surface area contributed by atoms with E-state index < -0.39 is 6.29 Å². The number of aliphatic hydroxyl groups is 1. The zero-order valence-electron chi connectivity index (χ0n) is 9.12. The predicted molar refractivity (Wildman–Crippen MR) is 54.7 cm³/mol. The molecule has 0 fully saturated rings. The van der Waals surface area contributed by atoms with Crippen LogP contribution in [0.2, 0.25) is 0 Å². The Bertz CT molecular complexity index is 107. The zero-order valence-corrected chi connectivity index (χ0v) is 9.12. The van der Waals surface area contributed by atoms with Crippen molar-refractivity contribution in [3.8, 4) is 0 Å². The van der Waals surface area contributed by atoms with Crippen LogP contribution in [0, 0.1) is 0 Å². The molecule has 0 rings (SSSR count). The van der Waals surface area contributed by atoms with E-state index in [2.05, 4.69) is 6.92 Å². The topological polar surface area (TPSA) is 32.7 Å². The first-order valence-electron chi connectivity index (χ1n) is 5.11. The molecule has 0 aromatic heterocycles. The molecule has 0 radical (unpaired) electrons. The Balaban J connectivity index is 3.15. The summed E-state index contributed by atoms with van der Waals surface area (Å²) in [5.74, 6) is 0. The molecule has 1 atom stereocenters. The van der Waals surface area contributed by atoms with E-state index in [9.17, 15) is 5.11 Å². The Hall–Kier alpha value is -0.120. The first-order valence-corrected chi connectivity index (χ1v) is 5.11. The average molecular weight is 189 g/mol. The van der Waals surface area contributed by atoms with E-state index in [4.69, 9.17) is 4.74 Å². The quantitative estimate of drug-likeness (QED) is 0.463. The van der Waals surface area contributed by atoms with E-state index in [-0.39, 0.29) is 0 Å². The Kier molecular flexibility index (Phi) is 8.40. The molecule has 0 aliphatic carbocycles. The first kappa shape index (κ1) is 12.9. The summed E-state index contributed by atoms with van der Waals surface area (Å²) in [5, 5.41) is 9.35. The molecular formula is C10H23NO2. The van der Waals surface area contributed by atoms with Crippen LogP contribution in [0.5, 0.6) is 0 Å². The lowest BCUT2D eigenvalue weighted by Crippen LogP contribution is -2.22. The summed E-state index contributed by atoms with van der Waals surface area (Å²) in [5.41, 5.74) is 0. The molecule has 0 aromatic rings. The number of ether oxygens (including phenoxy) is 1. The first-order chi connectivity index (χ1) is 6.16. The number of rotatable bonds is 8. The number of aliphatic hydroxyl groups excluding tert-OH is 1. The zero-order chi connectivity index (χ0) is 10.1. The number of unbranched alkanes of at least 4 members (excludes halogenated alkanes) is 2. The van der Waals surface area contributed by atoms with Gasteiger partial charge < -0.3 is 14.7 Å². The summed E-state index contributed by atoms with van der Waals surface area (Å²) in [6, 6.07) is 0. The van der Waals surface area contributed by atoms with Crippen LogP contribution >= 0.6 is 0 Å². The Morgan fingerprint density at radius 3 is 2.54 bits per heavy atom. The van der Waals surface area contributed by atoms with Crippen LogP contribution < -0.4 is 0 Å². The molecule has 3 heteroatoms.